The van der Waals surface area contributed by atoms with Crippen LogP contribution in [0.1, 0.15) is 26.3 Å². The quantitative estimate of drug-likeness (QED) is 0.301. The van der Waals surface area contributed by atoms with E-state index >= 15 is 0 Å². The lowest BCUT2D eigenvalue weighted by atomic mass is 9.98. The Hall–Kier alpha value is -2.54. The molecule has 5 atom stereocenters. The highest BCUT2D eigenvalue weighted by atomic mass is 32.2. The molecule has 32 heavy (non-hydrogen) atoms. The molecule has 11 nitrogen and oxygen atoms in total. The molecule has 1 aromatic carbocycles. The van der Waals surface area contributed by atoms with Crippen molar-refractivity contribution in [1.82, 2.24) is 0 Å². The molecule has 0 spiro atoms. The molecule has 0 radical (unpaired) electrons. The summed E-state index contributed by atoms with van der Waals surface area (Å²) in [5.74, 6) is -2.25. The van der Waals surface area contributed by atoms with Crippen LogP contribution >= 0.6 is 0 Å². The SMILES string of the molecule is CO[C@@H]1O[C@@H](COS(=O)(=O)c2ccc(C)cc2)[C@@H](OC(C)=O)[C@H](OC(C)=O)[C@@H]1OC(C)=O. The molecule has 1 heterocycles. The molecule has 0 aromatic heterocycles. The Kier molecular flexibility index (Phi) is 8.73. The van der Waals surface area contributed by atoms with Crippen LogP contribution in [0.5, 0.6) is 0 Å². The first-order valence-electron chi connectivity index (χ1n) is 9.60. The van der Waals surface area contributed by atoms with Crippen LogP contribution in [0.2, 0.25) is 0 Å². The lowest BCUT2D eigenvalue weighted by Crippen LogP contribution is -2.62. The second kappa shape index (κ2) is 10.9. The third-order valence-electron chi connectivity index (χ3n) is 4.43. The van der Waals surface area contributed by atoms with Crippen LogP contribution in [0.15, 0.2) is 29.2 Å². The van der Waals surface area contributed by atoms with E-state index in [1.807, 2.05) is 0 Å². The number of rotatable bonds is 8. The predicted molar refractivity (Wildman–Crippen MR) is 107 cm³/mol. The Bertz CT molecular complexity index is 925. The number of aryl methyl sites for hydroxylation is 1. The van der Waals surface area contributed by atoms with E-state index in [9.17, 15) is 22.8 Å². The van der Waals surface area contributed by atoms with Crippen molar-refractivity contribution in [2.75, 3.05) is 13.7 Å². The zero-order valence-electron chi connectivity index (χ0n) is 18.3. The molecule has 0 aliphatic carbocycles. The van der Waals surface area contributed by atoms with Gasteiger partial charge in [-0.2, -0.15) is 8.42 Å². The molecular formula is C20H26O11S. The maximum absolute atomic E-state index is 12.6. The van der Waals surface area contributed by atoms with Gasteiger partial charge >= 0.3 is 17.9 Å². The summed E-state index contributed by atoms with van der Waals surface area (Å²) in [6.45, 7) is 4.55. The molecule has 1 saturated heterocycles. The minimum absolute atomic E-state index is 0.0828. The van der Waals surface area contributed by atoms with Crippen LogP contribution in [-0.2, 0) is 52.4 Å². The van der Waals surface area contributed by atoms with Gasteiger partial charge in [-0.1, -0.05) is 17.7 Å². The fourth-order valence-electron chi connectivity index (χ4n) is 3.11. The lowest BCUT2D eigenvalue weighted by molar-refractivity contribution is -0.300. The smallest absolute Gasteiger partial charge is 0.303 e. The minimum atomic E-state index is -4.18. The summed E-state index contributed by atoms with van der Waals surface area (Å²) in [6.07, 6.45) is -6.46. The Labute approximate surface area is 186 Å². The highest BCUT2D eigenvalue weighted by Crippen LogP contribution is 2.30. The van der Waals surface area contributed by atoms with Gasteiger partial charge in [-0.15, -0.1) is 0 Å². The summed E-state index contributed by atoms with van der Waals surface area (Å²) >= 11 is 0. The van der Waals surface area contributed by atoms with Gasteiger partial charge in [0.1, 0.15) is 6.10 Å². The Balaban J connectivity index is 2.33. The van der Waals surface area contributed by atoms with E-state index < -0.39 is 65.3 Å². The van der Waals surface area contributed by atoms with E-state index in [0.717, 1.165) is 26.3 Å². The van der Waals surface area contributed by atoms with E-state index in [2.05, 4.69) is 0 Å². The predicted octanol–water partition coefficient (Wildman–Crippen LogP) is 0.867. The number of ether oxygens (including phenoxy) is 5. The highest BCUT2D eigenvalue weighted by Gasteiger charge is 2.52. The third kappa shape index (κ3) is 6.73. The van der Waals surface area contributed by atoms with Crippen molar-refractivity contribution in [2.24, 2.45) is 0 Å². The summed E-state index contributed by atoms with van der Waals surface area (Å²) < 4.78 is 56.8. The molecule has 0 N–H and O–H groups in total. The van der Waals surface area contributed by atoms with Gasteiger partial charge in [0.25, 0.3) is 10.1 Å². The standard InChI is InChI=1S/C20H26O11S/c1-11-6-8-15(9-7-11)32(24,25)27-10-16-17(28-12(2)21)18(29-13(3)22)19(30-14(4)23)20(26-5)31-16/h6-9,16-20H,10H2,1-5H3/t16-,17+,18-,19-,20+/m0/s1. The number of hydrogen-bond acceptors (Lipinski definition) is 11. The molecular weight excluding hydrogens is 448 g/mol. The maximum atomic E-state index is 12.6. The van der Waals surface area contributed by atoms with E-state index in [0.29, 0.717) is 0 Å². The maximum Gasteiger partial charge on any atom is 0.303 e. The van der Waals surface area contributed by atoms with Gasteiger partial charge in [0.2, 0.25) is 0 Å². The topological polar surface area (TPSA) is 141 Å². The number of carbonyl (C=O) groups is 3. The first-order valence-corrected chi connectivity index (χ1v) is 11.0. The molecule has 0 unspecified atom stereocenters. The fraction of sp³-hybridized carbons (Fsp3) is 0.550. The van der Waals surface area contributed by atoms with Gasteiger partial charge in [-0.05, 0) is 19.1 Å². The van der Waals surface area contributed by atoms with Crippen LogP contribution in [0.4, 0.5) is 0 Å². The van der Waals surface area contributed by atoms with Crippen LogP contribution in [0, 0.1) is 6.92 Å². The first kappa shape index (κ1) is 25.7. The minimum Gasteiger partial charge on any atom is -0.456 e. The van der Waals surface area contributed by atoms with Crippen molar-refractivity contribution in [3.8, 4) is 0 Å². The van der Waals surface area contributed by atoms with Crippen molar-refractivity contribution < 1.29 is 50.7 Å². The molecule has 0 bridgehead atoms. The average Bonchev–Trinajstić information content (AvgIpc) is 2.69. The van der Waals surface area contributed by atoms with Crippen molar-refractivity contribution in [3.63, 3.8) is 0 Å². The van der Waals surface area contributed by atoms with E-state index in [4.69, 9.17) is 27.9 Å². The normalized spacial score (nSPS) is 25.6. The van der Waals surface area contributed by atoms with Crippen LogP contribution < -0.4 is 0 Å². The Morgan fingerprint density at radius 2 is 1.38 bits per heavy atom. The second-order valence-electron chi connectivity index (χ2n) is 7.05. The van der Waals surface area contributed by atoms with E-state index in [1.165, 1.54) is 19.2 Å². The number of benzene rings is 1. The molecule has 0 amide bonds. The zero-order chi connectivity index (χ0) is 24.1. The summed E-state index contributed by atoms with van der Waals surface area (Å²) in [5.41, 5.74) is 0.859. The lowest BCUT2D eigenvalue weighted by Gasteiger charge is -2.43. The highest BCUT2D eigenvalue weighted by molar-refractivity contribution is 7.86. The number of esters is 3. The molecule has 1 aromatic rings. The van der Waals surface area contributed by atoms with Crippen LogP contribution in [-0.4, -0.2) is 70.7 Å². The van der Waals surface area contributed by atoms with Gasteiger partial charge in [0.15, 0.2) is 24.6 Å². The van der Waals surface area contributed by atoms with Gasteiger partial charge in [-0.3, -0.25) is 18.6 Å². The van der Waals surface area contributed by atoms with Gasteiger partial charge < -0.3 is 23.7 Å². The Morgan fingerprint density at radius 1 is 0.875 bits per heavy atom. The molecule has 2 rings (SSSR count). The fourth-order valence-corrected chi connectivity index (χ4v) is 4.03. The monoisotopic (exact) mass is 474 g/mol. The Morgan fingerprint density at radius 3 is 1.88 bits per heavy atom. The third-order valence-corrected chi connectivity index (χ3v) is 5.72. The molecule has 178 valence electrons. The largest absolute Gasteiger partial charge is 0.456 e. The molecule has 1 fully saturated rings. The summed E-state index contributed by atoms with van der Waals surface area (Å²) in [5, 5.41) is 0. The summed E-state index contributed by atoms with van der Waals surface area (Å²) in [7, 11) is -2.93. The number of methoxy groups -OCH3 is 1. The average molecular weight is 474 g/mol. The molecule has 0 saturated carbocycles. The zero-order valence-corrected chi connectivity index (χ0v) is 19.1. The van der Waals surface area contributed by atoms with Crippen molar-refractivity contribution >= 4 is 28.0 Å². The van der Waals surface area contributed by atoms with Crippen molar-refractivity contribution in [1.29, 1.82) is 0 Å². The van der Waals surface area contributed by atoms with Crippen LogP contribution in [0.25, 0.3) is 0 Å². The summed E-state index contributed by atoms with van der Waals surface area (Å²) in [4.78, 5) is 34.9. The number of carbonyl (C=O) groups excluding carboxylic acids is 3. The van der Waals surface area contributed by atoms with Gasteiger partial charge in [-0.25, -0.2) is 0 Å². The first-order chi connectivity index (χ1) is 14.9. The molecule has 1 aliphatic heterocycles. The van der Waals surface area contributed by atoms with Crippen molar-refractivity contribution in [2.45, 2.75) is 63.3 Å². The van der Waals surface area contributed by atoms with Gasteiger partial charge in [0.05, 0.1) is 11.5 Å². The van der Waals surface area contributed by atoms with Gasteiger partial charge in [0, 0.05) is 27.9 Å². The second-order valence-corrected chi connectivity index (χ2v) is 8.67. The van der Waals surface area contributed by atoms with E-state index in [-0.39, 0.29) is 4.90 Å². The molecule has 1 aliphatic rings. The van der Waals surface area contributed by atoms with E-state index in [1.54, 1.807) is 19.1 Å². The molecule has 12 heteroatoms. The van der Waals surface area contributed by atoms with Crippen molar-refractivity contribution in [3.05, 3.63) is 29.8 Å². The summed E-state index contributed by atoms with van der Waals surface area (Å²) in [6, 6.07) is 5.98. The van der Waals surface area contributed by atoms with Crippen LogP contribution in [0.3, 0.4) is 0 Å². The number of hydrogen-bond donors (Lipinski definition) is 0.